The number of halogens is 4. The first-order chi connectivity index (χ1) is 6.39. The average Bonchev–Trinajstić information content (AvgIpc) is 2.11. The lowest BCUT2D eigenvalue weighted by Crippen LogP contribution is -1.90. The van der Waals surface area contributed by atoms with Crippen LogP contribution in [0.4, 0.5) is 17.6 Å². The second-order valence-corrected chi connectivity index (χ2v) is 4.23. The molecule has 0 aromatic rings. The van der Waals surface area contributed by atoms with E-state index in [1.165, 1.54) is 6.92 Å². The summed E-state index contributed by atoms with van der Waals surface area (Å²) in [7, 11) is -3.92. The summed E-state index contributed by atoms with van der Waals surface area (Å²) < 4.78 is 65.2. The number of hydrogen-bond donors (Lipinski definition) is 0. The minimum atomic E-state index is -3.92. The minimum absolute atomic E-state index is 0.103. The molecule has 0 aliphatic carbocycles. The van der Waals surface area contributed by atoms with Crippen LogP contribution in [0.1, 0.15) is 6.92 Å². The molecule has 0 atom stereocenters. The Morgan fingerprint density at radius 1 is 1.14 bits per heavy atom. The van der Waals surface area contributed by atoms with E-state index in [-0.39, 0.29) is 18.7 Å². The van der Waals surface area contributed by atoms with Gasteiger partial charge in [-0.25, -0.2) is 4.57 Å². The summed E-state index contributed by atoms with van der Waals surface area (Å²) >= 11 is 0. The molecule has 0 aliphatic rings. The predicted octanol–water partition coefficient (Wildman–Crippen LogP) is 3.71. The highest BCUT2D eigenvalue weighted by atomic mass is 31.2. The molecular weight excluding hydrogens is 227 g/mol. The van der Waals surface area contributed by atoms with Crippen molar-refractivity contribution < 1.29 is 31.2 Å². The molecule has 0 radical (unpaired) electrons. The summed E-state index contributed by atoms with van der Waals surface area (Å²) in [6, 6.07) is 0. The first-order valence-electron chi connectivity index (χ1n) is 3.38. The van der Waals surface area contributed by atoms with Crippen molar-refractivity contribution in [3.8, 4) is 0 Å². The fraction of sp³-hybridized carbons (Fsp3) is 0.333. The van der Waals surface area contributed by atoms with E-state index in [4.69, 9.17) is 0 Å². The maximum atomic E-state index is 11.5. The highest BCUT2D eigenvalue weighted by Gasteiger charge is 2.22. The summed E-state index contributed by atoms with van der Waals surface area (Å²) in [6.07, 6.45) is -4.97. The molecule has 0 amide bonds. The highest BCUT2D eigenvalue weighted by Crippen LogP contribution is 2.48. The van der Waals surface area contributed by atoms with Gasteiger partial charge in [-0.2, -0.15) is 17.6 Å². The Morgan fingerprint density at radius 2 is 1.50 bits per heavy atom. The molecule has 0 bridgehead atoms. The molecule has 14 heavy (non-hydrogen) atoms. The second kappa shape index (κ2) is 5.70. The molecule has 0 aromatic carbocycles. The molecule has 0 unspecified atom stereocenters. The van der Waals surface area contributed by atoms with Gasteiger partial charge in [0.15, 0.2) is 12.5 Å². The lowest BCUT2D eigenvalue weighted by molar-refractivity contribution is 0.289. The van der Waals surface area contributed by atoms with Crippen molar-refractivity contribution in [2.24, 2.45) is 0 Å². The van der Waals surface area contributed by atoms with Gasteiger partial charge in [-0.15, -0.1) is 0 Å². The van der Waals surface area contributed by atoms with Crippen LogP contribution in [0.5, 0.6) is 0 Å². The van der Waals surface area contributed by atoms with Crippen LogP contribution >= 0.6 is 7.60 Å². The van der Waals surface area contributed by atoms with Gasteiger partial charge in [0, 0.05) is 0 Å². The average molecular weight is 234 g/mol. The molecule has 8 heteroatoms. The molecule has 0 spiro atoms. The Labute approximate surface area is 77.5 Å². The van der Waals surface area contributed by atoms with Gasteiger partial charge in [-0.1, -0.05) is 6.92 Å². The molecular formula is C6H7F4O3P. The Morgan fingerprint density at radius 3 is 1.71 bits per heavy atom. The van der Waals surface area contributed by atoms with E-state index in [2.05, 4.69) is 9.05 Å². The predicted molar refractivity (Wildman–Crippen MR) is 40.9 cm³/mol. The van der Waals surface area contributed by atoms with Crippen LogP contribution in [-0.4, -0.2) is 6.16 Å². The van der Waals surface area contributed by atoms with Crippen LogP contribution in [0.25, 0.3) is 0 Å². The van der Waals surface area contributed by atoms with Gasteiger partial charge < -0.3 is 9.05 Å². The van der Waals surface area contributed by atoms with E-state index >= 15 is 0 Å². The van der Waals surface area contributed by atoms with Crippen LogP contribution in [0.15, 0.2) is 24.7 Å². The Balaban J connectivity index is 4.41. The minimum Gasteiger partial charge on any atom is -0.418 e. The maximum Gasteiger partial charge on any atom is 0.429 e. The summed E-state index contributed by atoms with van der Waals surface area (Å²) in [4.78, 5) is 0. The molecule has 0 N–H and O–H groups in total. The molecule has 0 heterocycles. The van der Waals surface area contributed by atoms with Gasteiger partial charge in [0.25, 0.3) is 0 Å². The molecule has 0 rings (SSSR count). The SMILES string of the molecule is CCP(=O)(OC=C(F)F)OC=C(F)F. The standard InChI is InChI=1S/C6H7F4O3P/c1-2-14(11,12-3-5(7)8)13-4-6(9)10/h3-4H,2H2,1H3. The zero-order valence-electron chi connectivity index (χ0n) is 7.05. The van der Waals surface area contributed by atoms with Crippen molar-refractivity contribution in [2.45, 2.75) is 6.92 Å². The first-order valence-corrected chi connectivity index (χ1v) is 5.10. The molecule has 0 aromatic heterocycles. The smallest absolute Gasteiger partial charge is 0.418 e. The third-order valence-electron chi connectivity index (χ3n) is 0.992. The lowest BCUT2D eigenvalue weighted by atomic mass is 11.0. The third-order valence-corrected chi connectivity index (χ3v) is 2.62. The largest absolute Gasteiger partial charge is 0.429 e. The fourth-order valence-electron chi connectivity index (χ4n) is 0.414. The molecule has 3 nitrogen and oxygen atoms in total. The van der Waals surface area contributed by atoms with Crippen LogP contribution in [0.3, 0.4) is 0 Å². The normalized spacial score (nSPS) is 10.4. The molecule has 0 aliphatic heterocycles. The monoisotopic (exact) mass is 234 g/mol. The van der Waals surface area contributed by atoms with Crippen LogP contribution < -0.4 is 0 Å². The van der Waals surface area contributed by atoms with Crippen molar-refractivity contribution in [3.05, 3.63) is 24.7 Å². The van der Waals surface area contributed by atoms with Gasteiger partial charge in [0.05, 0.1) is 6.16 Å². The van der Waals surface area contributed by atoms with E-state index in [1.807, 2.05) is 0 Å². The fourth-order valence-corrected chi connectivity index (χ4v) is 1.24. The van der Waals surface area contributed by atoms with Crippen molar-refractivity contribution >= 4 is 7.60 Å². The summed E-state index contributed by atoms with van der Waals surface area (Å²) in [5.74, 6) is 0. The van der Waals surface area contributed by atoms with Crippen molar-refractivity contribution in [1.82, 2.24) is 0 Å². The van der Waals surface area contributed by atoms with Gasteiger partial charge in [0.1, 0.15) is 0 Å². The van der Waals surface area contributed by atoms with Gasteiger partial charge in [-0.3, -0.25) is 0 Å². The molecule has 0 fully saturated rings. The number of rotatable bonds is 5. The van der Waals surface area contributed by atoms with E-state index in [1.54, 1.807) is 0 Å². The zero-order chi connectivity index (χ0) is 11.2. The summed E-state index contributed by atoms with van der Waals surface area (Å²) in [5, 5.41) is 0. The van der Waals surface area contributed by atoms with Gasteiger partial charge in [0.2, 0.25) is 0 Å². The van der Waals surface area contributed by atoms with Gasteiger partial charge >= 0.3 is 19.8 Å². The van der Waals surface area contributed by atoms with Crippen molar-refractivity contribution in [2.75, 3.05) is 6.16 Å². The van der Waals surface area contributed by atoms with Crippen LogP contribution in [0.2, 0.25) is 0 Å². The van der Waals surface area contributed by atoms with E-state index < -0.39 is 19.8 Å². The molecule has 82 valence electrons. The summed E-state index contributed by atoms with van der Waals surface area (Å²) in [5.41, 5.74) is 0. The third kappa shape index (κ3) is 5.64. The second-order valence-electron chi connectivity index (χ2n) is 1.95. The first kappa shape index (κ1) is 13.0. The molecule has 0 saturated heterocycles. The Bertz CT molecular complexity index is 257. The van der Waals surface area contributed by atoms with Crippen LogP contribution in [0, 0.1) is 0 Å². The highest BCUT2D eigenvalue weighted by molar-refractivity contribution is 7.53. The topological polar surface area (TPSA) is 35.5 Å². The zero-order valence-corrected chi connectivity index (χ0v) is 7.94. The van der Waals surface area contributed by atoms with E-state index in [0.29, 0.717) is 0 Å². The van der Waals surface area contributed by atoms with Gasteiger partial charge in [-0.05, 0) is 0 Å². The maximum absolute atomic E-state index is 11.5. The quantitative estimate of drug-likeness (QED) is 0.413. The van der Waals surface area contributed by atoms with Crippen molar-refractivity contribution in [1.29, 1.82) is 0 Å². The summed E-state index contributed by atoms with van der Waals surface area (Å²) in [6.45, 7) is 1.29. The van der Waals surface area contributed by atoms with Crippen LogP contribution in [-0.2, 0) is 13.6 Å². The number of hydrogen-bond acceptors (Lipinski definition) is 3. The Hall–Kier alpha value is -0.970. The lowest BCUT2D eigenvalue weighted by Gasteiger charge is -2.12. The van der Waals surface area contributed by atoms with E-state index in [9.17, 15) is 22.1 Å². The molecule has 0 saturated carbocycles. The Kier molecular flexibility index (Phi) is 5.30. The van der Waals surface area contributed by atoms with Crippen molar-refractivity contribution in [3.63, 3.8) is 0 Å². The van der Waals surface area contributed by atoms with E-state index in [0.717, 1.165) is 0 Å².